The molecule has 1 aromatic rings. The fourth-order valence-corrected chi connectivity index (χ4v) is 3.65. The van der Waals surface area contributed by atoms with Gasteiger partial charge in [-0.25, -0.2) is 4.39 Å². The molecule has 0 amide bonds. The van der Waals surface area contributed by atoms with Gasteiger partial charge in [0, 0.05) is 12.8 Å². The maximum absolute atomic E-state index is 14.4. The van der Waals surface area contributed by atoms with Crippen molar-refractivity contribution < 1.29 is 23.8 Å². The van der Waals surface area contributed by atoms with E-state index in [9.17, 15) is 14.3 Å². The Morgan fingerprint density at radius 1 is 1.22 bits per heavy atom. The van der Waals surface area contributed by atoms with Crippen LogP contribution >= 0.6 is 0 Å². The Labute approximate surface area is 135 Å². The topological polar surface area (TPSA) is 55.8 Å². The van der Waals surface area contributed by atoms with Gasteiger partial charge in [-0.15, -0.1) is 0 Å². The zero-order valence-corrected chi connectivity index (χ0v) is 13.2. The molecule has 0 unspecified atom stereocenters. The van der Waals surface area contributed by atoms with Crippen LogP contribution in [0.15, 0.2) is 18.2 Å². The maximum atomic E-state index is 14.4. The Hall–Kier alpha value is -1.62. The monoisotopic (exact) mass is 322 g/mol. The number of hydrogen-bond acceptors (Lipinski definition) is 3. The Balaban J connectivity index is 1.81. The number of hydrogen-bond donors (Lipinski definition) is 1. The third kappa shape index (κ3) is 3.34. The smallest absolute Gasteiger partial charge is 0.314 e. The van der Waals surface area contributed by atoms with Crippen LogP contribution in [0, 0.1) is 5.82 Å². The number of carboxylic acid groups (broad SMARTS) is 1. The lowest BCUT2D eigenvalue weighted by molar-refractivity contribution is -0.145. The van der Waals surface area contributed by atoms with E-state index in [0.29, 0.717) is 31.6 Å². The number of carbonyl (C=O) groups is 1. The summed E-state index contributed by atoms with van der Waals surface area (Å²) in [5, 5.41) is 9.70. The summed E-state index contributed by atoms with van der Waals surface area (Å²) >= 11 is 0. The van der Waals surface area contributed by atoms with E-state index >= 15 is 0 Å². The highest BCUT2D eigenvalue weighted by Gasteiger charge is 2.41. The van der Waals surface area contributed by atoms with Crippen molar-refractivity contribution in [3.8, 4) is 5.75 Å². The van der Waals surface area contributed by atoms with Crippen molar-refractivity contribution >= 4 is 5.97 Å². The minimum atomic E-state index is -0.948. The van der Waals surface area contributed by atoms with Crippen molar-refractivity contribution in [2.75, 3.05) is 13.2 Å². The first-order valence-electron chi connectivity index (χ1n) is 8.40. The molecule has 5 heteroatoms. The molecule has 1 heterocycles. The number of halogens is 1. The fraction of sp³-hybridized carbons (Fsp3) is 0.611. The Morgan fingerprint density at radius 2 is 1.91 bits per heavy atom. The van der Waals surface area contributed by atoms with Crippen molar-refractivity contribution in [1.29, 1.82) is 0 Å². The zero-order chi connectivity index (χ0) is 16.3. The van der Waals surface area contributed by atoms with E-state index in [1.54, 1.807) is 12.1 Å². The number of aliphatic carboxylic acids is 1. The van der Waals surface area contributed by atoms with Gasteiger partial charge < -0.3 is 14.6 Å². The molecule has 1 saturated heterocycles. The lowest BCUT2D eigenvalue weighted by atomic mass is 9.69. The van der Waals surface area contributed by atoms with E-state index in [0.717, 1.165) is 32.1 Å². The predicted molar refractivity (Wildman–Crippen MR) is 83.3 cm³/mol. The van der Waals surface area contributed by atoms with Gasteiger partial charge in [0.1, 0.15) is 6.10 Å². The van der Waals surface area contributed by atoms with E-state index < -0.39 is 17.2 Å². The Kier molecular flexibility index (Phi) is 4.85. The SMILES string of the molecule is O=C(O)C1(c2ccc(OC3CCOCC3)c(F)c2)CCCCC1. The summed E-state index contributed by atoms with van der Waals surface area (Å²) in [5.74, 6) is -1.12. The highest BCUT2D eigenvalue weighted by atomic mass is 19.1. The van der Waals surface area contributed by atoms with Crippen LogP contribution in [0.1, 0.15) is 50.5 Å². The third-order valence-electron chi connectivity index (χ3n) is 5.06. The predicted octanol–water partition coefficient (Wildman–Crippen LogP) is 3.67. The number of benzene rings is 1. The molecule has 0 bridgehead atoms. The van der Waals surface area contributed by atoms with Crippen LogP contribution in [0.5, 0.6) is 5.75 Å². The second-order valence-corrected chi connectivity index (χ2v) is 6.52. The van der Waals surface area contributed by atoms with Gasteiger partial charge in [0.05, 0.1) is 18.6 Å². The molecule has 0 aromatic heterocycles. The second-order valence-electron chi connectivity index (χ2n) is 6.52. The minimum absolute atomic E-state index is 0.0350. The standard InChI is InChI=1S/C18H23FO4/c19-15-12-13(18(17(20)21)8-2-1-3-9-18)4-5-16(15)23-14-6-10-22-11-7-14/h4-5,12,14H,1-3,6-11H2,(H,20,21). The highest BCUT2D eigenvalue weighted by Crippen LogP contribution is 2.41. The molecule has 3 rings (SSSR count). The van der Waals surface area contributed by atoms with Gasteiger partial charge in [-0.2, -0.15) is 0 Å². The van der Waals surface area contributed by atoms with Gasteiger partial charge in [0.2, 0.25) is 0 Å². The van der Waals surface area contributed by atoms with Gasteiger partial charge in [-0.3, -0.25) is 4.79 Å². The van der Waals surface area contributed by atoms with Gasteiger partial charge in [-0.1, -0.05) is 25.3 Å². The largest absolute Gasteiger partial charge is 0.487 e. The first kappa shape index (κ1) is 16.2. The summed E-state index contributed by atoms with van der Waals surface area (Å²) in [6.07, 6.45) is 5.39. The summed E-state index contributed by atoms with van der Waals surface area (Å²) in [5.41, 5.74) is -0.391. The van der Waals surface area contributed by atoms with Crippen molar-refractivity contribution in [1.82, 2.24) is 0 Å². The van der Waals surface area contributed by atoms with Crippen molar-refractivity contribution in [2.45, 2.75) is 56.5 Å². The number of rotatable bonds is 4. The van der Waals surface area contributed by atoms with Crippen LogP contribution in [0.4, 0.5) is 4.39 Å². The third-order valence-corrected chi connectivity index (χ3v) is 5.06. The quantitative estimate of drug-likeness (QED) is 0.919. The summed E-state index contributed by atoms with van der Waals surface area (Å²) in [6.45, 7) is 1.26. The lowest BCUT2D eigenvalue weighted by Gasteiger charge is -2.34. The van der Waals surface area contributed by atoms with Gasteiger partial charge in [-0.05, 0) is 30.5 Å². The molecule has 0 radical (unpaired) electrons. The molecule has 23 heavy (non-hydrogen) atoms. The molecule has 0 spiro atoms. The number of carboxylic acids is 1. The summed E-state index contributed by atoms with van der Waals surface area (Å²) in [4.78, 5) is 11.8. The lowest BCUT2D eigenvalue weighted by Crippen LogP contribution is -2.38. The summed E-state index contributed by atoms with van der Waals surface area (Å²) in [6, 6.07) is 4.66. The average molecular weight is 322 g/mol. The first-order valence-corrected chi connectivity index (χ1v) is 8.40. The van der Waals surface area contributed by atoms with Crippen LogP contribution in [0.25, 0.3) is 0 Å². The highest BCUT2D eigenvalue weighted by molar-refractivity contribution is 5.81. The Bertz CT molecular complexity index is 560. The average Bonchev–Trinajstić information content (AvgIpc) is 2.58. The first-order chi connectivity index (χ1) is 11.1. The van der Waals surface area contributed by atoms with Gasteiger partial charge in [0.15, 0.2) is 11.6 Å². The van der Waals surface area contributed by atoms with Crippen molar-refractivity contribution in [2.24, 2.45) is 0 Å². The van der Waals surface area contributed by atoms with E-state index in [-0.39, 0.29) is 11.9 Å². The molecule has 1 saturated carbocycles. The molecule has 2 aliphatic rings. The molecule has 1 aliphatic carbocycles. The van der Waals surface area contributed by atoms with Gasteiger partial charge in [0.25, 0.3) is 0 Å². The van der Waals surface area contributed by atoms with Gasteiger partial charge >= 0.3 is 5.97 Å². The molecular formula is C18H23FO4. The molecule has 4 nitrogen and oxygen atoms in total. The molecule has 2 fully saturated rings. The minimum Gasteiger partial charge on any atom is -0.487 e. The summed E-state index contributed by atoms with van der Waals surface area (Å²) in [7, 11) is 0. The van der Waals surface area contributed by atoms with Crippen molar-refractivity contribution in [3.05, 3.63) is 29.6 Å². The molecular weight excluding hydrogens is 299 g/mol. The number of ether oxygens (including phenoxy) is 2. The summed E-state index contributed by atoms with van der Waals surface area (Å²) < 4.78 is 25.4. The zero-order valence-electron chi connectivity index (χ0n) is 13.2. The van der Waals surface area contributed by atoms with E-state index in [1.807, 2.05) is 0 Å². The van der Waals surface area contributed by atoms with Crippen LogP contribution in [-0.4, -0.2) is 30.4 Å². The van der Waals surface area contributed by atoms with Crippen LogP contribution in [0.3, 0.4) is 0 Å². The van der Waals surface area contributed by atoms with E-state index in [1.165, 1.54) is 6.07 Å². The van der Waals surface area contributed by atoms with E-state index in [2.05, 4.69) is 0 Å². The molecule has 0 atom stereocenters. The van der Waals surface area contributed by atoms with Crippen molar-refractivity contribution in [3.63, 3.8) is 0 Å². The fourth-order valence-electron chi connectivity index (χ4n) is 3.65. The second kappa shape index (κ2) is 6.87. The normalized spacial score (nSPS) is 21.8. The molecule has 1 aromatic carbocycles. The van der Waals surface area contributed by atoms with Crippen LogP contribution in [0.2, 0.25) is 0 Å². The molecule has 1 aliphatic heterocycles. The Morgan fingerprint density at radius 3 is 2.52 bits per heavy atom. The molecule has 1 N–H and O–H groups in total. The van der Waals surface area contributed by atoms with Crippen LogP contribution < -0.4 is 4.74 Å². The molecule has 126 valence electrons. The maximum Gasteiger partial charge on any atom is 0.314 e. The van der Waals surface area contributed by atoms with Crippen LogP contribution in [-0.2, 0) is 14.9 Å². The van der Waals surface area contributed by atoms with E-state index in [4.69, 9.17) is 9.47 Å².